The van der Waals surface area contributed by atoms with E-state index in [1.807, 2.05) is 6.07 Å². The highest BCUT2D eigenvalue weighted by Gasteiger charge is 2.10. The molecular weight excluding hydrogens is 370 g/mol. The number of nitrogens with one attached hydrogen (secondary N) is 2. The molecule has 7 nitrogen and oxygen atoms in total. The van der Waals surface area contributed by atoms with Crippen LogP contribution in [0, 0.1) is 11.3 Å². The highest BCUT2D eigenvalue weighted by molar-refractivity contribution is 6.32. The SMILES string of the molecule is COc1ccc(NC(=O)/C(C#N)=C\NCc2ccc(C(=O)O)cc2)cc1Cl. The van der Waals surface area contributed by atoms with Crippen molar-refractivity contribution in [3.05, 3.63) is 70.4 Å². The molecule has 0 spiro atoms. The Morgan fingerprint density at radius 2 is 1.96 bits per heavy atom. The maximum absolute atomic E-state index is 12.2. The fourth-order valence-corrected chi connectivity index (χ4v) is 2.38. The summed E-state index contributed by atoms with van der Waals surface area (Å²) in [6, 6.07) is 12.8. The van der Waals surface area contributed by atoms with Gasteiger partial charge in [-0.05, 0) is 35.9 Å². The number of halogens is 1. The van der Waals surface area contributed by atoms with Crippen LogP contribution in [0.5, 0.6) is 5.75 Å². The molecule has 138 valence electrons. The van der Waals surface area contributed by atoms with Gasteiger partial charge in [-0.3, -0.25) is 4.79 Å². The number of amides is 1. The zero-order chi connectivity index (χ0) is 19.8. The molecule has 0 saturated heterocycles. The summed E-state index contributed by atoms with van der Waals surface area (Å²) in [5, 5.41) is 23.8. The number of carboxylic acids is 1. The van der Waals surface area contributed by atoms with E-state index in [4.69, 9.17) is 21.4 Å². The van der Waals surface area contributed by atoms with E-state index < -0.39 is 11.9 Å². The number of ether oxygens (including phenoxy) is 1. The first kappa shape index (κ1) is 19.8. The summed E-state index contributed by atoms with van der Waals surface area (Å²) in [4.78, 5) is 23.0. The fraction of sp³-hybridized carbons (Fsp3) is 0.105. The number of hydrogen-bond acceptors (Lipinski definition) is 5. The van der Waals surface area contributed by atoms with Crippen molar-refractivity contribution in [2.75, 3.05) is 12.4 Å². The predicted molar refractivity (Wildman–Crippen MR) is 101 cm³/mol. The number of hydrogen-bond donors (Lipinski definition) is 3. The zero-order valence-electron chi connectivity index (χ0n) is 14.3. The van der Waals surface area contributed by atoms with E-state index in [-0.39, 0.29) is 11.1 Å². The topological polar surface area (TPSA) is 111 Å². The number of benzene rings is 2. The Kier molecular flexibility index (Phi) is 6.80. The van der Waals surface area contributed by atoms with E-state index >= 15 is 0 Å². The average molecular weight is 386 g/mol. The van der Waals surface area contributed by atoms with Crippen LogP contribution in [-0.4, -0.2) is 24.1 Å². The summed E-state index contributed by atoms with van der Waals surface area (Å²) < 4.78 is 5.04. The molecule has 0 aliphatic rings. The zero-order valence-corrected chi connectivity index (χ0v) is 15.1. The van der Waals surface area contributed by atoms with Crippen molar-refractivity contribution < 1.29 is 19.4 Å². The van der Waals surface area contributed by atoms with Crippen molar-refractivity contribution in [2.24, 2.45) is 0 Å². The molecule has 2 rings (SSSR count). The molecule has 3 N–H and O–H groups in total. The molecule has 0 aromatic heterocycles. The molecule has 0 aliphatic heterocycles. The van der Waals surface area contributed by atoms with E-state index in [2.05, 4.69) is 10.6 Å². The quantitative estimate of drug-likeness (QED) is 0.498. The predicted octanol–water partition coefficient (Wildman–Crippen LogP) is 3.18. The number of carbonyl (C=O) groups excluding carboxylic acids is 1. The van der Waals surface area contributed by atoms with Crippen LogP contribution in [0.3, 0.4) is 0 Å². The van der Waals surface area contributed by atoms with Gasteiger partial charge in [0.1, 0.15) is 17.4 Å². The number of methoxy groups -OCH3 is 1. The van der Waals surface area contributed by atoms with Gasteiger partial charge < -0.3 is 20.5 Å². The van der Waals surface area contributed by atoms with Crippen molar-refractivity contribution in [3.8, 4) is 11.8 Å². The van der Waals surface area contributed by atoms with Gasteiger partial charge in [0.15, 0.2) is 0 Å². The van der Waals surface area contributed by atoms with Gasteiger partial charge >= 0.3 is 5.97 Å². The second-order valence-corrected chi connectivity index (χ2v) is 5.76. The third kappa shape index (κ3) is 5.49. The standard InChI is InChI=1S/C19H16ClN3O4/c1-27-17-7-6-15(8-16(17)20)23-18(24)14(9-21)11-22-10-12-2-4-13(5-3-12)19(25)26/h2-8,11,22H,10H2,1H3,(H,23,24)(H,25,26)/b14-11-. The largest absolute Gasteiger partial charge is 0.495 e. The van der Waals surface area contributed by atoms with Gasteiger partial charge in [-0.15, -0.1) is 0 Å². The van der Waals surface area contributed by atoms with E-state index in [9.17, 15) is 14.9 Å². The van der Waals surface area contributed by atoms with Crippen LogP contribution in [0.4, 0.5) is 5.69 Å². The van der Waals surface area contributed by atoms with Gasteiger partial charge in [-0.25, -0.2) is 4.79 Å². The van der Waals surface area contributed by atoms with Crippen LogP contribution >= 0.6 is 11.6 Å². The van der Waals surface area contributed by atoms with Crippen molar-refractivity contribution >= 4 is 29.2 Å². The number of aromatic carboxylic acids is 1. The Morgan fingerprint density at radius 3 is 2.52 bits per heavy atom. The van der Waals surface area contributed by atoms with Crippen LogP contribution in [0.15, 0.2) is 54.2 Å². The van der Waals surface area contributed by atoms with E-state index in [1.165, 1.54) is 31.5 Å². The van der Waals surface area contributed by atoms with Crippen molar-refractivity contribution in [3.63, 3.8) is 0 Å². The molecule has 0 unspecified atom stereocenters. The van der Waals surface area contributed by atoms with Gasteiger partial charge in [0, 0.05) is 18.4 Å². The molecule has 2 aromatic carbocycles. The number of rotatable bonds is 7. The number of nitrogens with zero attached hydrogens (tertiary/aromatic N) is 1. The lowest BCUT2D eigenvalue weighted by molar-refractivity contribution is -0.112. The normalized spacial score (nSPS) is 10.6. The van der Waals surface area contributed by atoms with Gasteiger partial charge in [-0.1, -0.05) is 23.7 Å². The Labute approximate surface area is 160 Å². The van der Waals surface area contributed by atoms with Gasteiger partial charge in [0.2, 0.25) is 0 Å². The molecule has 0 radical (unpaired) electrons. The Morgan fingerprint density at radius 1 is 1.26 bits per heavy atom. The minimum Gasteiger partial charge on any atom is -0.495 e. The number of nitriles is 1. The average Bonchev–Trinajstić information content (AvgIpc) is 2.65. The second kappa shape index (κ2) is 9.27. The summed E-state index contributed by atoms with van der Waals surface area (Å²) in [5.41, 5.74) is 1.29. The monoisotopic (exact) mass is 385 g/mol. The highest BCUT2D eigenvalue weighted by atomic mass is 35.5. The van der Waals surface area contributed by atoms with E-state index in [0.717, 1.165) is 5.56 Å². The molecule has 27 heavy (non-hydrogen) atoms. The van der Waals surface area contributed by atoms with Crippen LogP contribution in [-0.2, 0) is 11.3 Å². The third-order valence-electron chi connectivity index (χ3n) is 3.53. The molecular formula is C19H16ClN3O4. The first-order valence-corrected chi connectivity index (χ1v) is 8.13. The number of carbonyl (C=O) groups is 2. The van der Waals surface area contributed by atoms with Crippen molar-refractivity contribution in [1.82, 2.24) is 5.32 Å². The molecule has 0 bridgehead atoms. The lowest BCUT2D eigenvalue weighted by Crippen LogP contribution is -2.16. The minimum atomic E-state index is -1.00. The summed E-state index contributed by atoms with van der Waals surface area (Å²) in [5.74, 6) is -1.12. The lowest BCUT2D eigenvalue weighted by Gasteiger charge is -2.08. The Balaban J connectivity index is 1.98. The van der Waals surface area contributed by atoms with Crippen LogP contribution < -0.4 is 15.4 Å². The van der Waals surface area contributed by atoms with E-state index in [1.54, 1.807) is 24.3 Å². The molecule has 0 aliphatic carbocycles. The van der Waals surface area contributed by atoms with E-state index in [0.29, 0.717) is 23.0 Å². The number of anilines is 1. The molecule has 0 saturated carbocycles. The highest BCUT2D eigenvalue weighted by Crippen LogP contribution is 2.27. The maximum atomic E-state index is 12.2. The molecule has 8 heteroatoms. The van der Waals surface area contributed by atoms with Gasteiger partial charge in [0.05, 0.1) is 17.7 Å². The summed E-state index contributed by atoms with van der Waals surface area (Å²) in [6.45, 7) is 0.326. The fourth-order valence-electron chi connectivity index (χ4n) is 2.13. The number of carboxylic acid groups (broad SMARTS) is 1. The molecule has 2 aromatic rings. The smallest absolute Gasteiger partial charge is 0.335 e. The summed E-state index contributed by atoms with van der Waals surface area (Å²) in [7, 11) is 1.48. The summed E-state index contributed by atoms with van der Waals surface area (Å²) in [6.07, 6.45) is 1.30. The van der Waals surface area contributed by atoms with Gasteiger partial charge in [-0.2, -0.15) is 5.26 Å². The van der Waals surface area contributed by atoms with Crippen LogP contribution in [0.1, 0.15) is 15.9 Å². The first-order valence-electron chi connectivity index (χ1n) is 7.75. The Hall–Kier alpha value is -3.50. The maximum Gasteiger partial charge on any atom is 0.335 e. The molecule has 0 atom stereocenters. The first-order chi connectivity index (χ1) is 12.9. The molecule has 0 fully saturated rings. The van der Waals surface area contributed by atoms with Gasteiger partial charge in [0.25, 0.3) is 5.91 Å². The lowest BCUT2D eigenvalue weighted by atomic mass is 10.1. The molecule has 0 heterocycles. The second-order valence-electron chi connectivity index (χ2n) is 5.36. The van der Waals surface area contributed by atoms with Crippen LogP contribution in [0.25, 0.3) is 0 Å². The third-order valence-corrected chi connectivity index (χ3v) is 3.82. The molecule has 1 amide bonds. The van der Waals surface area contributed by atoms with Crippen molar-refractivity contribution in [1.29, 1.82) is 5.26 Å². The minimum absolute atomic E-state index is 0.121. The Bertz CT molecular complexity index is 918. The van der Waals surface area contributed by atoms with Crippen molar-refractivity contribution in [2.45, 2.75) is 6.54 Å². The summed E-state index contributed by atoms with van der Waals surface area (Å²) >= 11 is 6.00. The van der Waals surface area contributed by atoms with Crippen LogP contribution in [0.2, 0.25) is 5.02 Å².